The summed E-state index contributed by atoms with van der Waals surface area (Å²) < 4.78 is 5.25. The molecule has 16 heavy (non-hydrogen) atoms. The highest BCUT2D eigenvalue weighted by molar-refractivity contribution is 5.68. The maximum Gasteiger partial charge on any atom is 0.410 e. The molecule has 0 bridgehead atoms. The lowest BCUT2D eigenvalue weighted by molar-refractivity contribution is 0.0288. The number of ether oxygens (including phenoxy) is 1. The van der Waals surface area contributed by atoms with Crippen molar-refractivity contribution >= 4 is 6.09 Å². The van der Waals surface area contributed by atoms with Crippen molar-refractivity contribution in [3.05, 3.63) is 10.4 Å². The first kappa shape index (κ1) is 12.6. The summed E-state index contributed by atoms with van der Waals surface area (Å²) in [6.07, 6.45) is -0.338. The topological polar surface area (TPSA) is 78.3 Å². The molecule has 0 saturated carbocycles. The normalized spacial score (nSPS) is 25.1. The number of rotatable bonds is 1. The molecule has 1 rings (SSSR count). The zero-order valence-corrected chi connectivity index (χ0v) is 10.2. The lowest BCUT2D eigenvalue weighted by atomic mass is 10.1. The number of amides is 1. The molecule has 0 spiro atoms. The molecule has 0 aromatic rings. The van der Waals surface area contributed by atoms with Gasteiger partial charge in [0.1, 0.15) is 5.60 Å². The van der Waals surface area contributed by atoms with Crippen LogP contribution in [0.4, 0.5) is 4.79 Å². The second-order valence-electron chi connectivity index (χ2n) is 5.13. The van der Waals surface area contributed by atoms with Gasteiger partial charge in [-0.3, -0.25) is 0 Å². The molecule has 2 unspecified atom stereocenters. The van der Waals surface area contributed by atoms with Crippen LogP contribution < -0.4 is 0 Å². The zero-order valence-electron chi connectivity index (χ0n) is 10.2. The maximum atomic E-state index is 11.7. The van der Waals surface area contributed by atoms with Crippen molar-refractivity contribution < 1.29 is 9.53 Å². The van der Waals surface area contributed by atoms with Gasteiger partial charge in [-0.2, -0.15) is 0 Å². The van der Waals surface area contributed by atoms with E-state index in [1.807, 2.05) is 27.7 Å². The van der Waals surface area contributed by atoms with E-state index < -0.39 is 5.60 Å². The van der Waals surface area contributed by atoms with Crippen molar-refractivity contribution in [2.75, 3.05) is 13.1 Å². The van der Waals surface area contributed by atoms with Crippen LogP contribution in [0.1, 0.15) is 27.7 Å². The van der Waals surface area contributed by atoms with E-state index in [-0.39, 0.29) is 18.1 Å². The van der Waals surface area contributed by atoms with E-state index in [0.717, 1.165) is 0 Å². The third-order valence-electron chi connectivity index (χ3n) is 2.42. The van der Waals surface area contributed by atoms with Gasteiger partial charge in [0.05, 0.1) is 6.04 Å². The highest BCUT2D eigenvalue weighted by Gasteiger charge is 2.33. The fraction of sp³-hybridized carbons (Fsp3) is 0.900. The molecule has 2 atom stereocenters. The summed E-state index contributed by atoms with van der Waals surface area (Å²) in [4.78, 5) is 16.1. The molecule has 6 nitrogen and oxygen atoms in total. The predicted molar refractivity (Wildman–Crippen MR) is 59.9 cm³/mol. The minimum Gasteiger partial charge on any atom is -0.444 e. The molecule has 0 aromatic heterocycles. The molecule has 0 aliphatic carbocycles. The van der Waals surface area contributed by atoms with Crippen molar-refractivity contribution in [1.82, 2.24) is 4.90 Å². The molecule has 1 saturated heterocycles. The van der Waals surface area contributed by atoms with E-state index in [1.165, 1.54) is 0 Å². The van der Waals surface area contributed by atoms with Crippen LogP contribution in [0.2, 0.25) is 0 Å². The van der Waals surface area contributed by atoms with Crippen LogP contribution in [0, 0.1) is 5.92 Å². The SMILES string of the molecule is CC1CN(C(=O)OC(C)(C)C)CC1N=[N+]=[N-]. The predicted octanol–water partition coefficient (Wildman–Crippen LogP) is 2.55. The molecule has 90 valence electrons. The van der Waals surface area contributed by atoms with Gasteiger partial charge in [-0.05, 0) is 32.2 Å². The first-order valence-corrected chi connectivity index (χ1v) is 5.35. The molecular weight excluding hydrogens is 208 g/mol. The molecule has 0 radical (unpaired) electrons. The van der Waals surface area contributed by atoms with Crippen LogP contribution in [0.15, 0.2) is 5.11 Å². The minimum absolute atomic E-state index is 0.141. The number of carbonyl (C=O) groups is 1. The number of hydrogen-bond acceptors (Lipinski definition) is 3. The Hall–Kier alpha value is -1.42. The van der Waals surface area contributed by atoms with E-state index in [9.17, 15) is 4.79 Å². The van der Waals surface area contributed by atoms with E-state index in [4.69, 9.17) is 10.3 Å². The average Bonchev–Trinajstić information content (AvgIpc) is 2.46. The lowest BCUT2D eigenvalue weighted by Crippen LogP contribution is -2.35. The molecule has 6 heteroatoms. The first-order chi connectivity index (χ1) is 7.33. The summed E-state index contributed by atoms with van der Waals surface area (Å²) in [6, 6.07) is -0.141. The van der Waals surface area contributed by atoms with E-state index in [1.54, 1.807) is 4.90 Å². The van der Waals surface area contributed by atoms with Gasteiger partial charge in [0.15, 0.2) is 0 Å². The summed E-state index contributed by atoms with van der Waals surface area (Å²) in [5, 5.41) is 3.66. The summed E-state index contributed by atoms with van der Waals surface area (Å²) >= 11 is 0. The number of azide groups is 1. The first-order valence-electron chi connectivity index (χ1n) is 5.35. The number of nitrogens with zero attached hydrogens (tertiary/aromatic N) is 4. The van der Waals surface area contributed by atoms with Gasteiger partial charge in [-0.15, -0.1) is 0 Å². The van der Waals surface area contributed by atoms with E-state index in [0.29, 0.717) is 13.1 Å². The van der Waals surface area contributed by atoms with Gasteiger partial charge >= 0.3 is 6.09 Å². The van der Waals surface area contributed by atoms with Gasteiger partial charge in [0, 0.05) is 18.0 Å². The third kappa shape index (κ3) is 3.31. The number of carbonyl (C=O) groups excluding carboxylic acids is 1. The maximum absolute atomic E-state index is 11.7. The minimum atomic E-state index is -0.489. The lowest BCUT2D eigenvalue weighted by Gasteiger charge is -2.24. The Kier molecular flexibility index (Phi) is 3.65. The smallest absolute Gasteiger partial charge is 0.410 e. The van der Waals surface area contributed by atoms with Crippen molar-refractivity contribution in [2.24, 2.45) is 11.0 Å². The Morgan fingerprint density at radius 3 is 2.62 bits per heavy atom. The van der Waals surface area contributed by atoms with Gasteiger partial charge in [0.25, 0.3) is 0 Å². The van der Waals surface area contributed by atoms with Gasteiger partial charge in [0.2, 0.25) is 0 Å². The molecule has 1 aliphatic heterocycles. The van der Waals surface area contributed by atoms with Gasteiger partial charge in [-0.25, -0.2) is 4.79 Å². The fourth-order valence-electron chi connectivity index (χ4n) is 1.64. The Balaban J connectivity index is 2.58. The number of hydrogen-bond donors (Lipinski definition) is 0. The van der Waals surface area contributed by atoms with Gasteiger partial charge in [-0.1, -0.05) is 12.0 Å². The highest BCUT2D eigenvalue weighted by atomic mass is 16.6. The molecular formula is C10H18N4O2. The van der Waals surface area contributed by atoms with Crippen molar-refractivity contribution in [3.63, 3.8) is 0 Å². The fourth-order valence-corrected chi connectivity index (χ4v) is 1.64. The largest absolute Gasteiger partial charge is 0.444 e. The Morgan fingerprint density at radius 1 is 1.50 bits per heavy atom. The standard InChI is InChI=1S/C10H18N4O2/c1-7-5-14(6-8(7)12-13-11)9(15)16-10(2,3)4/h7-8H,5-6H2,1-4H3. The molecule has 1 fully saturated rings. The van der Waals surface area contributed by atoms with E-state index in [2.05, 4.69) is 10.0 Å². The monoisotopic (exact) mass is 226 g/mol. The molecule has 1 amide bonds. The molecule has 0 N–H and O–H groups in total. The summed E-state index contributed by atoms with van der Waals surface area (Å²) in [7, 11) is 0. The molecule has 1 aliphatic rings. The number of likely N-dealkylation sites (tertiary alicyclic amines) is 1. The van der Waals surface area contributed by atoms with Crippen LogP contribution in [0.25, 0.3) is 10.4 Å². The Bertz CT molecular complexity index is 317. The Labute approximate surface area is 95.2 Å². The summed E-state index contributed by atoms with van der Waals surface area (Å²) in [5.74, 6) is 0.184. The van der Waals surface area contributed by atoms with E-state index >= 15 is 0 Å². The van der Waals surface area contributed by atoms with Gasteiger partial charge < -0.3 is 9.64 Å². The second-order valence-corrected chi connectivity index (χ2v) is 5.13. The average molecular weight is 226 g/mol. The molecule has 1 heterocycles. The summed E-state index contributed by atoms with van der Waals surface area (Å²) in [6.45, 7) is 8.47. The van der Waals surface area contributed by atoms with Crippen molar-refractivity contribution in [2.45, 2.75) is 39.3 Å². The second kappa shape index (κ2) is 4.61. The summed E-state index contributed by atoms with van der Waals surface area (Å²) in [5.41, 5.74) is 7.89. The highest BCUT2D eigenvalue weighted by Crippen LogP contribution is 2.21. The van der Waals surface area contributed by atoms with Crippen molar-refractivity contribution in [3.8, 4) is 0 Å². The van der Waals surface area contributed by atoms with Crippen LogP contribution in [0.3, 0.4) is 0 Å². The Morgan fingerprint density at radius 2 is 2.12 bits per heavy atom. The quantitative estimate of drug-likeness (QED) is 0.391. The van der Waals surface area contributed by atoms with Crippen LogP contribution in [-0.4, -0.2) is 35.7 Å². The van der Waals surface area contributed by atoms with Crippen LogP contribution >= 0.6 is 0 Å². The zero-order chi connectivity index (χ0) is 12.3. The van der Waals surface area contributed by atoms with Crippen LogP contribution in [0.5, 0.6) is 0 Å². The van der Waals surface area contributed by atoms with Crippen molar-refractivity contribution in [1.29, 1.82) is 0 Å². The third-order valence-corrected chi connectivity index (χ3v) is 2.42. The molecule has 0 aromatic carbocycles. The van der Waals surface area contributed by atoms with Crippen LogP contribution in [-0.2, 0) is 4.74 Å².